The van der Waals surface area contributed by atoms with Crippen molar-refractivity contribution in [3.63, 3.8) is 0 Å². The van der Waals surface area contributed by atoms with Crippen LogP contribution in [0.5, 0.6) is 5.88 Å². The molecule has 1 aromatic heterocycles. The molecule has 2 heterocycles. The number of hydrogen-bond acceptors (Lipinski definition) is 4. The molecule has 3 rings (SSSR count). The molecule has 134 valence electrons. The predicted molar refractivity (Wildman–Crippen MR) is 88.6 cm³/mol. The molecule has 1 atom stereocenters. The maximum Gasteiger partial charge on any atom is 0.218 e. The molecule has 0 saturated carbocycles. The van der Waals surface area contributed by atoms with Crippen LogP contribution in [0.1, 0.15) is 17.5 Å². The first-order valence-corrected chi connectivity index (χ1v) is 9.45. The van der Waals surface area contributed by atoms with Crippen molar-refractivity contribution >= 4 is 10.0 Å². The van der Waals surface area contributed by atoms with Gasteiger partial charge in [0.2, 0.25) is 15.9 Å². The van der Waals surface area contributed by atoms with Gasteiger partial charge in [0.1, 0.15) is 17.7 Å². The Morgan fingerprint density at radius 3 is 2.80 bits per heavy atom. The van der Waals surface area contributed by atoms with Crippen molar-refractivity contribution in [3.05, 3.63) is 59.3 Å². The van der Waals surface area contributed by atoms with E-state index in [9.17, 15) is 17.2 Å². The molecule has 1 unspecified atom stereocenters. The number of sulfonamides is 1. The summed E-state index contributed by atoms with van der Waals surface area (Å²) >= 11 is 0. The van der Waals surface area contributed by atoms with Gasteiger partial charge >= 0.3 is 0 Å². The highest BCUT2D eigenvalue weighted by molar-refractivity contribution is 7.88. The molecule has 1 saturated heterocycles. The van der Waals surface area contributed by atoms with Crippen LogP contribution in [0.25, 0.3) is 0 Å². The average Bonchev–Trinajstić information content (AvgIpc) is 3.02. The molecule has 25 heavy (non-hydrogen) atoms. The van der Waals surface area contributed by atoms with Gasteiger partial charge in [-0.3, -0.25) is 0 Å². The summed E-state index contributed by atoms with van der Waals surface area (Å²) in [6.45, 7) is 2.34. The maximum absolute atomic E-state index is 13.7. The Labute approximate surface area is 145 Å². The van der Waals surface area contributed by atoms with Gasteiger partial charge in [0.05, 0.1) is 12.3 Å². The fourth-order valence-corrected chi connectivity index (χ4v) is 4.26. The lowest BCUT2D eigenvalue weighted by molar-refractivity contribution is 0.207. The highest BCUT2D eigenvalue weighted by Crippen LogP contribution is 2.22. The van der Waals surface area contributed by atoms with Crippen molar-refractivity contribution in [1.82, 2.24) is 9.29 Å². The Morgan fingerprint density at radius 1 is 1.28 bits per heavy atom. The summed E-state index contributed by atoms with van der Waals surface area (Å²) in [7, 11) is -3.76. The fraction of sp³-hybridized carbons (Fsp3) is 0.353. The van der Waals surface area contributed by atoms with Gasteiger partial charge in [0, 0.05) is 24.4 Å². The normalized spacial score (nSPS) is 18.4. The summed E-state index contributed by atoms with van der Waals surface area (Å²) in [6.07, 6.45) is 1.87. The van der Waals surface area contributed by atoms with Gasteiger partial charge < -0.3 is 4.74 Å². The van der Waals surface area contributed by atoms with E-state index >= 15 is 0 Å². The summed E-state index contributed by atoms with van der Waals surface area (Å²) in [5.74, 6) is -1.54. The standard InChI is InChI=1S/C17H18F2N2O3S/c1-12-2-5-17(20-9-12)24-15-6-7-21(10-15)25(22,23)11-13-8-14(18)3-4-16(13)19/h2-5,8-9,15H,6-7,10-11H2,1H3. The molecule has 1 aromatic carbocycles. The summed E-state index contributed by atoms with van der Waals surface area (Å²) in [5, 5.41) is 0. The molecule has 0 N–H and O–H groups in total. The Bertz CT molecular complexity index is 857. The first kappa shape index (κ1) is 17.8. The summed E-state index contributed by atoms with van der Waals surface area (Å²) < 4.78 is 58.8. The van der Waals surface area contributed by atoms with Gasteiger partial charge in [-0.1, -0.05) is 6.07 Å². The van der Waals surface area contributed by atoms with Crippen LogP contribution in [-0.4, -0.2) is 36.9 Å². The second-order valence-electron chi connectivity index (χ2n) is 6.05. The summed E-state index contributed by atoms with van der Waals surface area (Å²) in [4.78, 5) is 4.14. The Kier molecular flexibility index (Phi) is 5.01. The summed E-state index contributed by atoms with van der Waals surface area (Å²) in [6, 6.07) is 6.39. The first-order chi connectivity index (χ1) is 11.8. The highest BCUT2D eigenvalue weighted by atomic mass is 32.2. The van der Waals surface area contributed by atoms with Gasteiger partial charge in [-0.25, -0.2) is 22.2 Å². The third-order valence-electron chi connectivity index (χ3n) is 4.02. The van der Waals surface area contributed by atoms with Crippen LogP contribution in [-0.2, 0) is 15.8 Å². The lowest BCUT2D eigenvalue weighted by atomic mass is 10.2. The van der Waals surface area contributed by atoms with Crippen LogP contribution in [0.15, 0.2) is 36.5 Å². The molecule has 0 amide bonds. The molecule has 0 bridgehead atoms. The molecule has 5 nitrogen and oxygen atoms in total. The fourth-order valence-electron chi connectivity index (χ4n) is 2.68. The van der Waals surface area contributed by atoms with Crippen LogP contribution in [0.3, 0.4) is 0 Å². The molecule has 0 aliphatic carbocycles. The third-order valence-corrected chi connectivity index (χ3v) is 5.81. The minimum atomic E-state index is -3.76. The van der Waals surface area contributed by atoms with Crippen molar-refractivity contribution in [2.24, 2.45) is 0 Å². The average molecular weight is 368 g/mol. The van der Waals surface area contributed by atoms with E-state index in [1.807, 2.05) is 13.0 Å². The number of benzene rings is 1. The molecular weight excluding hydrogens is 350 g/mol. The van der Waals surface area contributed by atoms with E-state index in [2.05, 4.69) is 4.98 Å². The molecule has 1 aliphatic heterocycles. The maximum atomic E-state index is 13.7. The minimum Gasteiger partial charge on any atom is -0.473 e. The van der Waals surface area contributed by atoms with Crippen molar-refractivity contribution in [2.75, 3.05) is 13.1 Å². The zero-order valence-corrected chi connectivity index (χ0v) is 14.5. The number of aryl methyl sites for hydroxylation is 1. The van der Waals surface area contributed by atoms with Crippen molar-refractivity contribution in [2.45, 2.75) is 25.2 Å². The Hall–Kier alpha value is -2.06. The van der Waals surface area contributed by atoms with Crippen molar-refractivity contribution < 1.29 is 21.9 Å². The number of nitrogens with zero attached hydrogens (tertiary/aromatic N) is 2. The highest BCUT2D eigenvalue weighted by Gasteiger charge is 2.33. The van der Waals surface area contributed by atoms with Crippen LogP contribution in [0.4, 0.5) is 8.78 Å². The van der Waals surface area contributed by atoms with E-state index in [0.717, 1.165) is 23.8 Å². The second-order valence-corrected chi connectivity index (χ2v) is 8.02. The lowest BCUT2D eigenvalue weighted by Crippen LogP contribution is -2.32. The quantitative estimate of drug-likeness (QED) is 0.814. The molecule has 0 radical (unpaired) electrons. The van der Waals surface area contributed by atoms with Crippen LogP contribution >= 0.6 is 0 Å². The largest absolute Gasteiger partial charge is 0.473 e. The lowest BCUT2D eigenvalue weighted by Gasteiger charge is -2.17. The van der Waals surface area contributed by atoms with Crippen LogP contribution < -0.4 is 4.74 Å². The van der Waals surface area contributed by atoms with Crippen LogP contribution in [0, 0.1) is 18.6 Å². The number of halogens is 2. The second kappa shape index (κ2) is 7.05. The van der Waals surface area contributed by atoms with Gasteiger partial charge in [-0.2, -0.15) is 4.31 Å². The Balaban J connectivity index is 1.65. The molecule has 8 heteroatoms. The van der Waals surface area contributed by atoms with Crippen LogP contribution in [0.2, 0.25) is 0 Å². The smallest absolute Gasteiger partial charge is 0.218 e. The predicted octanol–water partition coefficient (Wildman–Crippen LogP) is 2.65. The number of ether oxygens (including phenoxy) is 1. The Morgan fingerprint density at radius 2 is 2.08 bits per heavy atom. The molecule has 1 fully saturated rings. The monoisotopic (exact) mass is 368 g/mol. The number of rotatable bonds is 5. The zero-order chi connectivity index (χ0) is 18.0. The molecule has 1 aliphatic rings. The van der Waals surface area contributed by atoms with E-state index in [4.69, 9.17) is 4.74 Å². The van der Waals surface area contributed by atoms with E-state index in [1.54, 1.807) is 12.3 Å². The molecule has 0 spiro atoms. The first-order valence-electron chi connectivity index (χ1n) is 7.84. The molecule has 2 aromatic rings. The topological polar surface area (TPSA) is 59.5 Å². The van der Waals surface area contributed by atoms with Gasteiger partial charge in [0.15, 0.2) is 0 Å². The van der Waals surface area contributed by atoms with Gasteiger partial charge in [-0.15, -0.1) is 0 Å². The summed E-state index contributed by atoms with van der Waals surface area (Å²) in [5.41, 5.74) is 0.824. The van der Waals surface area contributed by atoms with Gasteiger partial charge in [0.25, 0.3) is 0 Å². The van der Waals surface area contributed by atoms with E-state index in [-0.39, 0.29) is 24.8 Å². The van der Waals surface area contributed by atoms with E-state index < -0.39 is 27.4 Å². The number of hydrogen-bond donors (Lipinski definition) is 0. The number of aromatic nitrogens is 1. The minimum absolute atomic E-state index is 0.162. The van der Waals surface area contributed by atoms with Crippen molar-refractivity contribution in [1.29, 1.82) is 0 Å². The zero-order valence-electron chi connectivity index (χ0n) is 13.7. The third kappa shape index (κ3) is 4.32. The van der Waals surface area contributed by atoms with E-state index in [0.29, 0.717) is 12.3 Å². The van der Waals surface area contributed by atoms with E-state index in [1.165, 1.54) is 4.31 Å². The van der Waals surface area contributed by atoms with Gasteiger partial charge in [-0.05, 0) is 37.1 Å². The number of pyridine rings is 1. The van der Waals surface area contributed by atoms with Crippen molar-refractivity contribution in [3.8, 4) is 5.88 Å². The molecular formula is C17H18F2N2O3S. The SMILES string of the molecule is Cc1ccc(OC2CCN(S(=O)(=O)Cc3cc(F)ccc3F)C2)nc1.